The van der Waals surface area contributed by atoms with Crippen LogP contribution in [0.2, 0.25) is 0 Å². The summed E-state index contributed by atoms with van der Waals surface area (Å²) in [6, 6.07) is 1.97. The molecule has 3 N–H and O–H groups in total. The Hall–Kier alpha value is -1.56. The molecule has 0 fully saturated rings. The number of aromatic nitrogens is 2. The first-order valence-electron chi connectivity index (χ1n) is 5.21. The van der Waals surface area contributed by atoms with E-state index in [1.807, 2.05) is 25.9 Å². The summed E-state index contributed by atoms with van der Waals surface area (Å²) in [6.07, 6.45) is 1.68. The smallest absolute Gasteiger partial charge is 0.241 e. The molecule has 1 aromatic rings. The van der Waals surface area contributed by atoms with Crippen molar-refractivity contribution in [2.45, 2.75) is 19.5 Å². The van der Waals surface area contributed by atoms with Crippen LogP contribution in [0.15, 0.2) is 12.3 Å². The number of likely N-dealkylation sites (N-methyl/N-ethyl adjacent to an activating group) is 1. The Labute approximate surface area is 95.4 Å². The van der Waals surface area contributed by atoms with Gasteiger partial charge < -0.3 is 16.0 Å². The molecule has 0 radical (unpaired) electrons. The van der Waals surface area contributed by atoms with Crippen molar-refractivity contribution in [3.05, 3.63) is 12.3 Å². The van der Waals surface area contributed by atoms with Crippen LogP contribution in [0.25, 0.3) is 0 Å². The van der Waals surface area contributed by atoms with Crippen LogP contribution in [-0.4, -0.2) is 47.3 Å². The van der Waals surface area contributed by atoms with Gasteiger partial charge in [0.05, 0.1) is 0 Å². The molecule has 1 rings (SSSR count). The minimum absolute atomic E-state index is 0.0585. The number of nitrogen functional groups attached to an aromatic ring is 1. The fourth-order valence-electron chi connectivity index (χ4n) is 1.11. The maximum atomic E-state index is 11.5. The van der Waals surface area contributed by atoms with Gasteiger partial charge in [-0.3, -0.25) is 9.48 Å². The third kappa shape index (κ3) is 3.90. The highest BCUT2D eigenvalue weighted by Gasteiger charge is 2.07. The Bertz CT molecular complexity index is 347. The Morgan fingerprint density at radius 3 is 2.88 bits per heavy atom. The molecular formula is C10H19N5O. The summed E-state index contributed by atoms with van der Waals surface area (Å²) in [4.78, 5) is 13.6. The monoisotopic (exact) mass is 225 g/mol. The molecule has 0 aliphatic rings. The van der Waals surface area contributed by atoms with E-state index in [0.717, 1.165) is 0 Å². The lowest BCUT2D eigenvalue weighted by atomic mass is 10.3. The number of nitrogens with two attached hydrogens (primary N) is 1. The molecule has 1 atom stereocenters. The third-order valence-electron chi connectivity index (χ3n) is 2.44. The van der Waals surface area contributed by atoms with Crippen molar-refractivity contribution in [2.24, 2.45) is 0 Å². The van der Waals surface area contributed by atoms with Crippen LogP contribution in [0.5, 0.6) is 0 Å². The summed E-state index contributed by atoms with van der Waals surface area (Å²) < 4.78 is 1.52. The van der Waals surface area contributed by atoms with Crippen LogP contribution in [0.1, 0.15) is 6.92 Å². The van der Waals surface area contributed by atoms with Crippen molar-refractivity contribution >= 4 is 11.7 Å². The van der Waals surface area contributed by atoms with E-state index in [2.05, 4.69) is 10.4 Å². The van der Waals surface area contributed by atoms with E-state index in [1.165, 1.54) is 4.68 Å². The molecule has 1 amide bonds. The van der Waals surface area contributed by atoms with E-state index in [1.54, 1.807) is 12.3 Å². The van der Waals surface area contributed by atoms with Crippen LogP contribution in [-0.2, 0) is 11.3 Å². The first-order chi connectivity index (χ1) is 7.49. The summed E-state index contributed by atoms with van der Waals surface area (Å²) in [5.41, 5.74) is 5.45. The zero-order valence-electron chi connectivity index (χ0n) is 9.97. The molecule has 0 aliphatic carbocycles. The van der Waals surface area contributed by atoms with Gasteiger partial charge in [-0.15, -0.1) is 0 Å². The van der Waals surface area contributed by atoms with Gasteiger partial charge in [0, 0.05) is 18.8 Å². The summed E-state index contributed by atoms with van der Waals surface area (Å²) in [5.74, 6) is 0.367. The minimum atomic E-state index is -0.0585. The van der Waals surface area contributed by atoms with Crippen LogP contribution in [0.3, 0.4) is 0 Å². The molecule has 1 heterocycles. The fraction of sp³-hybridized carbons (Fsp3) is 0.600. The predicted octanol–water partition coefficient (Wildman–Crippen LogP) is -0.468. The van der Waals surface area contributed by atoms with Gasteiger partial charge in [-0.2, -0.15) is 5.10 Å². The summed E-state index contributed by atoms with van der Waals surface area (Å²) in [6.45, 7) is 2.88. The number of rotatable bonds is 5. The number of nitrogens with zero attached hydrogens (tertiary/aromatic N) is 3. The number of carbonyl (C=O) groups excluding carboxylic acids is 1. The molecule has 0 aliphatic heterocycles. The van der Waals surface area contributed by atoms with E-state index in [9.17, 15) is 4.79 Å². The summed E-state index contributed by atoms with van der Waals surface area (Å²) >= 11 is 0. The maximum absolute atomic E-state index is 11.5. The van der Waals surface area contributed by atoms with Crippen molar-refractivity contribution in [3.63, 3.8) is 0 Å². The van der Waals surface area contributed by atoms with Gasteiger partial charge in [0.25, 0.3) is 0 Å². The lowest BCUT2D eigenvalue weighted by Crippen LogP contribution is -2.39. The molecule has 0 saturated heterocycles. The number of hydrogen-bond donors (Lipinski definition) is 2. The molecule has 0 saturated carbocycles. The lowest BCUT2D eigenvalue weighted by molar-refractivity contribution is -0.122. The minimum Gasteiger partial charge on any atom is -0.382 e. The third-order valence-corrected chi connectivity index (χ3v) is 2.44. The summed E-state index contributed by atoms with van der Waals surface area (Å²) in [7, 11) is 3.95. The molecule has 90 valence electrons. The maximum Gasteiger partial charge on any atom is 0.241 e. The first-order valence-corrected chi connectivity index (χ1v) is 5.21. The second kappa shape index (κ2) is 5.50. The first kappa shape index (κ1) is 12.5. The second-order valence-corrected chi connectivity index (χ2v) is 4.05. The van der Waals surface area contributed by atoms with Gasteiger partial charge in [0.1, 0.15) is 12.4 Å². The van der Waals surface area contributed by atoms with E-state index in [4.69, 9.17) is 5.73 Å². The van der Waals surface area contributed by atoms with E-state index < -0.39 is 0 Å². The Kier molecular flexibility index (Phi) is 4.30. The van der Waals surface area contributed by atoms with Crippen molar-refractivity contribution in [1.29, 1.82) is 0 Å². The molecular weight excluding hydrogens is 206 g/mol. The second-order valence-electron chi connectivity index (χ2n) is 4.05. The Morgan fingerprint density at radius 1 is 1.69 bits per heavy atom. The standard InChI is InChI=1S/C10H19N5O/c1-8(14(2)3)6-12-10(16)7-15-5-4-9(11)13-15/h4-5,8H,6-7H2,1-3H3,(H2,11,13)(H,12,16). The predicted molar refractivity (Wildman–Crippen MR) is 62.8 cm³/mol. The topological polar surface area (TPSA) is 76.2 Å². The molecule has 6 heteroatoms. The van der Waals surface area contributed by atoms with Crippen molar-refractivity contribution < 1.29 is 4.79 Å². The molecule has 0 aromatic carbocycles. The zero-order valence-corrected chi connectivity index (χ0v) is 9.97. The lowest BCUT2D eigenvalue weighted by Gasteiger charge is -2.19. The van der Waals surface area contributed by atoms with Gasteiger partial charge in [-0.25, -0.2) is 0 Å². The molecule has 0 bridgehead atoms. The van der Waals surface area contributed by atoms with E-state index in [0.29, 0.717) is 18.4 Å². The fourth-order valence-corrected chi connectivity index (χ4v) is 1.11. The molecule has 6 nitrogen and oxygen atoms in total. The highest BCUT2D eigenvalue weighted by molar-refractivity contribution is 5.75. The number of hydrogen-bond acceptors (Lipinski definition) is 4. The molecule has 1 unspecified atom stereocenters. The van der Waals surface area contributed by atoms with Gasteiger partial charge in [-0.05, 0) is 27.1 Å². The Balaban J connectivity index is 2.31. The highest BCUT2D eigenvalue weighted by Crippen LogP contribution is 1.95. The van der Waals surface area contributed by atoms with Gasteiger partial charge in [0.2, 0.25) is 5.91 Å². The van der Waals surface area contributed by atoms with Crippen molar-refractivity contribution in [3.8, 4) is 0 Å². The number of nitrogens with one attached hydrogen (secondary N) is 1. The highest BCUT2D eigenvalue weighted by atomic mass is 16.2. The van der Waals surface area contributed by atoms with Gasteiger partial charge in [-0.1, -0.05) is 0 Å². The summed E-state index contributed by atoms with van der Waals surface area (Å²) in [5, 5.41) is 6.78. The zero-order chi connectivity index (χ0) is 12.1. The van der Waals surface area contributed by atoms with Crippen LogP contribution in [0.4, 0.5) is 5.82 Å². The van der Waals surface area contributed by atoms with Crippen LogP contribution in [0, 0.1) is 0 Å². The number of carbonyl (C=O) groups is 1. The van der Waals surface area contributed by atoms with Gasteiger partial charge >= 0.3 is 0 Å². The van der Waals surface area contributed by atoms with Gasteiger partial charge in [0.15, 0.2) is 0 Å². The normalized spacial score (nSPS) is 12.8. The number of anilines is 1. The van der Waals surface area contributed by atoms with Crippen LogP contribution < -0.4 is 11.1 Å². The van der Waals surface area contributed by atoms with Crippen molar-refractivity contribution in [2.75, 3.05) is 26.4 Å². The molecule has 0 spiro atoms. The van der Waals surface area contributed by atoms with Crippen LogP contribution >= 0.6 is 0 Å². The molecule has 1 aromatic heterocycles. The van der Waals surface area contributed by atoms with Crippen molar-refractivity contribution in [1.82, 2.24) is 20.0 Å². The molecule has 16 heavy (non-hydrogen) atoms. The number of amides is 1. The average Bonchev–Trinajstić information content (AvgIpc) is 2.60. The van der Waals surface area contributed by atoms with E-state index >= 15 is 0 Å². The quantitative estimate of drug-likeness (QED) is 0.710. The Morgan fingerprint density at radius 2 is 2.38 bits per heavy atom. The SMILES string of the molecule is CC(CNC(=O)Cn1ccc(N)n1)N(C)C. The largest absolute Gasteiger partial charge is 0.382 e. The average molecular weight is 225 g/mol. The van der Waals surface area contributed by atoms with E-state index in [-0.39, 0.29) is 12.5 Å².